The molecule has 9 nitrogen and oxygen atoms in total. The smallest absolute Gasteiger partial charge is 0.223 e. The summed E-state index contributed by atoms with van der Waals surface area (Å²) in [4.78, 5) is 28.6. The van der Waals surface area contributed by atoms with Crippen LogP contribution in [0.25, 0.3) is 22.2 Å². The van der Waals surface area contributed by atoms with Crippen LogP contribution in [-0.2, 0) is 9.53 Å². The Kier molecular flexibility index (Phi) is 7.88. The van der Waals surface area contributed by atoms with Crippen LogP contribution in [0.15, 0.2) is 31.0 Å². The largest absolute Gasteiger partial charge is 0.495 e. The maximum atomic E-state index is 12.0. The lowest BCUT2D eigenvalue weighted by molar-refractivity contribution is -0.116. The van der Waals surface area contributed by atoms with Crippen molar-refractivity contribution in [1.82, 2.24) is 15.0 Å². The van der Waals surface area contributed by atoms with Crippen molar-refractivity contribution in [3.8, 4) is 22.8 Å². The van der Waals surface area contributed by atoms with E-state index in [1.54, 1.807) is 12.3 Å². The molecule has 1 aromatic carbocycles. The number of aromatic nitrogens is 3. The van der Waals surface area contributed by atoms with Crippen molar-refractivity contribution in [3.05, 3.63) is 41.0 Å². The van der Waals surface area contributed by atoms with Crippen molar-refractivity contribution in [2.75, 3.05) is 50.7 Å². The van der Waals surface area contributed by atoms with Crippen LogP contribution in [0.1, 0.15) is 19.3 Å². The van der Waals surface area contributed by atoms with Gasteiger partial charge < -0.3 is 24.4 Å². The van der Waals surface area contributed by atoms with Crippen molar-refractivity contribution in [2.45, 2.75) is 25.3 Å². The highest BCUT2D eigenvalue weighted by Gasteiger charge is 2.29. The molecule has 0 amide bonds. The zero-order valence-corrected chi connectivity index (χ0v) is 22.8. The summed E-state index contributed by atoms with van der Waals surface area (Å²) in [5, 5.41) is 4.87. The van der Waals surface area contributed by atoms with E-state index in [-0.39, 0.29) is 17.7 Å². The molecular weight excluding hydrogens is 529 g/mol. The van der Waals surface area contributed by atoms with Gasteiger partial charge in [-0.2, -0.15) is 0 Å². The molecule has 2 aliphatic rings. The number of nitrogens with one attached hydrogen (secondary N) is 1. The van der Waals surface area contributed by atoms with E-state index in [1.807, 2.05) is 6.07 Å². The summed E-state index contributed by atoms with van der Waals surface area (Å²) in [6, 6.07) is 3.42. The number of ketones is 1. The van der Waals surface area contributed by atoms with Crippen LogP contribution in [0.4, 0.5) is 11.8 Å². The van der Waals surface area contributed by atoms with Gasteiger partial charge in [-0.3, -0.25) is 4.79 Å². The number of carbonyl (C=O) groups is 1. The third kappa shape index (κ3) is 5.10. The van der Waals surface area contributed by atoms with Crippen LogP contribution in [0.5, 0.6) is 11.5 Å². The predicted molar refractivity (Wildman–Crippen MR) is 149 cm³/mol. The average Bonchev–Trinajstić information content (AvgIpc) is 2.89. The minimum absolute atomic E-state index is 0.0198. The molecule has 1 N–H and O–H groups in total. The molecule has 3 aromatic rings. The number of hydrogen-bond acceptors (Lipinski definition) is 9. The number of hydrogen-bond donors (Lipinski definition) is 1. The second kappa shape index (κ2) is 11.3. The lowest BCUT2D eigenvalue weighted by Crippen LogP contribution is -2.40. The van der Waals surface area contributed by atoms with Gasteiger partial charge in [-0.25, -0.2) is 15.0 Å². The Morgan fingerprint density at radius 2 is 1.95 bits per heavy atom. The quantitative estimate of drug-likeness (QED) is 0.356. The minimum Gasteiger partial charge on any atom is -0.495 e. The molecule has 0 spiro atoms. The number of methoxy groups -OCH3 is 2. The molecule has 2 fully saturated rings. The third-order valence-electron chi connectivity index (χ3n) is 7.04. The third-order valence-corrected chi connectivity index (χ3v) is 7.79. The second-order valence-electron chi connectivity index (χ2n) is 9.34. The fraction of sp³-hybridized carbons (Fsp3) is 0.407. The standard InChI is InChI=1S/C27H29Cl2N5O4/c1-4-17(35)10-15-6-9-38-14-19(15)32-27-30-13-16-11-18(31-26(25(16)33-27)34-7-5-8-34)22-23(28)20(36-2)12-21(37-3)24(22)29/h4,11-13,15,19H,1,5-10,14H2,2-3H3,(H,30,32,33)/t15-,19-/m1/s1. The van der Waals surface area contributed by atoms with Gasteiger partial charge in [0.05, 0.1) is 42.6 Å². The summed E-state index contributed by atoms with van der Waals surface area (Å²) < 4.78 is 16.6. The normalized spacial score (nSPS) is 19.1. The topological polar surface area (TPSA) is 98.7 Å². The summed E-state index contributed by atoms with van der Waals surface area (Å²) in [6.45, 7) is 6.43. The lowest BCUT2D eigenvalue weighted by Gasteiger charge is -2.33. The predicted octanol–water partition coefficient (Wildman–Crippen LogP) is 5.19. The first-order valence-corrected chi connectivity index (χ1v) is 13.2. The van der Waals surface area contributed by atoms with E-state index in [1.165, 1.54) is 20.3 Å². The molecule has 0 bridgehead atoms. The van der Waals surface area contributed by atoms with E-state index in [0.29, 0.717) is 63.9 Å². The zero-order valence-electron chi connectivity index (χ0n) is 21.3. The van der Waals surface area contributed by atoms with E-state index in [0.717, 1.165) is 37.1 Å². The van der Waals surface area contributed by atoms with Gasteiger partial charge in [0.15, 0.2) is 11.6 Å². The molecule has 0 saturated carbocycles. The Morgan fingerprint density at radius 3 is 2.58 bits per heavy atom. The van der Waals surface area contributed by atoms with E-state index in [2.05, 4.69) is 21.8 Å². The minimum atomic E-state index is -0.0911. The number of pyridine rings is 1. The van der Waals surface area contributed by atoms with Gasteiger partial charge in [0.1, 0.15) is 17.0 Å². The van der Waals surface area contributed by atoms with Crippen LogP contribution in [-0.4, -0.2) is 67.3 Å². The zero-order chi connectivity index (χ0) is 26.8. The van der Waals surface area contributed by atoms with Gasteiger partial charge in [-0.1, -0.05) is 29.8 Å². The van der Waals surface area contributed by atoms with Crippen LogP contribution < -0.4 is 19.7 Å². The highest BCUT2D eigenvalue weighted by atomic mass is 35.5. The van der Waals surface area contributed by atoms with E-state index < -0.39 is 0 Å². The Hall–Kier alpha value is -3.14. The molecule has 2 atom stereocenters. The summed E-state index contributed by atoms with van der Waals surface area (Å²) in [5.41, 5.74) is 1.80. The van der Waals surface area contributed by atoms with Gasteiger partial charge in [0.25, 0.3) is 0 Å². The summed E-state index contributed by atoms with van der Waals surface area (Å²) >= 11 is 13.4. The van der Waals surface area contributed by atoms with Crippen molar-refractivity contribution < 1.29 is 19.0 Å². The Morgan fingerprint density at radius 1 is 1.21 bits per heavy atom. The van der Waals surface area contributed by atoms with Crippen molar-refractivity contribution in [1.29, 1.82) is 0 Å². The Labute approximate surface area is 231 Å². The first kappa shape index (κ1) is 26.5. The molecule has 2 aliphatic heterocycles. The molecule has 4 heterocycles. The fourth-order valence-corrected chi connectivity index (χ4v) is 5.47. The average molecular weight is 558 g/mol. The lowest BCUT2D eigenvalue weighted by atomic mass is 9.90. The maximum absolute atomic E-state index is 12.0. The van der Waals surface area contributed by atoms with E-state index in [4.69, 9.17) is 47.4 Å². The number of fused-ring (bicyclic) bond motifs is 1. The number of nitrogens with zero attached hydrogens (tertiary/aromatic N) is 4. The summed E-state index contributed by atoms with van der Waals surface area (Å²) in [7, 11) is 3.07. The van der Waals surface area contributed by atoms with Crippen LogP contribution in [0, 0.1) is 5.92 Å². The number of rotatable bonds is 9. The molecule has 200 valence electrons. The van der Waals surface area contributed by atoms with Crippen LogP contribution in [0.2, 0.25) is 10.0 Å². The van der Waals surface area contributed by atoms with Gasteiger partial charge in [0, 0.05) is 49.3 Å². The molecule has 2 aromatic heterocycles. The highest BCUT2D eigenvalue weighted by Crippen LogP contribution is 2.46. The van der Waals surface area contributed by atoms with E-state index >= 15 is 0 Å². The van der Waals surface area contributed by atoms with Crippen LogP contribution in [0.3, 0.4) is 0 Å². The molecule has 0 aliphatic carbocycles. The maximum Gasteiger partial charge on any atom is 0.223 e. The fourth-order valence-electron chi connectivity index (χ4n) is 4.77. The van der Waals surface area contributed by atoms with E-state index in [9.17, 15) is 4.79 Å². The number of allylic oxidation sites excluding steroid dienone is 1. The Balaban J connectivity index is 1.56. The molecule has 2 saturated heterocycles. The van der Waals surface area contributed by atoms with Crippen LogP contribution >= 0.6 is 23.2 Å². The van der Waals surface area contributed by atoms with Gasteiger partial charge >= 0.3 is 0 Å². The number of carbonyl (C=O) groups excluding carboxylic acids is 1. The first-order valence-electron chi connectivity index (χ1n) is 12.5. The molecular formula is C27H29Cl2N5O4. The Bertz CT molecular complexity index is 1350. The number of halogens is 2. The summed E-state index contributed by atoms with van der Waals surface area (Å²) in [5.74, 6) is 2.18. The molecule has 5 rings (SSSR count). The van der Waals surface area contributed by atoms with Gasteiger partial charge in [-0.05, 0) is 30.9 Å². The number of ether oxygens (including phenoxy) is 3. The van der Waals surface area contributed by atoms with Gasteiger partial charge in [-0.15, -0.1) is 0 Å². The molecule has 38 heavy (non-hydrogen) atoms. The van der Waals surface area contributed by atoms with Crippen molar-refractivity contribution >= 4 is 51.7 Å². The highest BCUT2D eigenvalue weighted by molar-refractivity contribution is 6.41. The molecule has 0 unspecified atom stereocenters. The van der Waals surface area contributed by atoms with Crippen molar-refractivity contribution in [2.24, 2.45) is 5.92 Å². The number of anilines is 2. The molecule has 0 radical (unpaired) electrons. The van der Waals surface area contributed by atoms with Crippen molar-refractivity contribution in [3.63, 3.8) is 0 Å². The first-order chi connectivity index (χ1) is 18.4. The SMILES string of the molecule is C=CC(=O)C[C@H]1CCOC[C@H]1Nc1ncc2cc(-c3c(Cl)c(OC)cc(OC)c3Cl)nc(N3CCC3)c2n1. The number of benzene rings is 1. The second-order valence-corrected chi connectivity index (χ2v) is 10.1. The summed E-state index contributed by atoms with van der Waals surface area (Å²) in [6.07, 6.45) is 5.38. The molecule has 11 heteroatoms. The van der Waals surface area contributed by atoms with Gasteiger partial charge in [0.2, 0.25) is 5.95 Å². The monoisotopic (exact) mass is 557 g/mol.